The van der Waals surface area contributed by atoms with E-state index in [4.69, 9.17) is 0 Å². The summed E-state index contributed by atoms with van der Waals surface area (Å²) >= 11 is 0. The Morgan fingerprint density at radius 2 is 0.897 bits per heavy atom. The van der Waals surface area contributed by atoms with Crippen LogP contribution in [0.4, 0.5) is 0 Å². The van der Waals surface area contributed by atoms with E-state index in [2.05, 4.69) is 215 Å². The van der Waals surface area contributed by atoms with Crippen LogP contribution in [0, 0.1) is 0 Å². The molecule has 13 rings (SSSR count). The number of rotatable bonds is 4. The van der Waals surface area contributed by atoms with Crippen LogP contribution in [0.5, 0.6) is 0 Å². The van der Waals surface area contributed by atoms with Crippen LogP contribution >= 0.6 is 0 Å². The molecule has 0 unspecified atom stereocenters. The second-order valence-electron chi connectivity index (χ2n) is 16.0. The standard InChI is InChI=1S/C55H36N2Si/c1-3-17-38(18-4-1)58(39-19-5-2-6-20-39)54-29-14-11-24-44(54)45-31-30-37(33-55(45)58)56-49-26-12-9-22-42(49)47-35-53-48(34-52(47)56)43-23-10-13-27-50(43)57(53)51-28-15-25-41-40-21-8-7-16-36(40)32-46(41)51/h1-31,33-35H,32H2. The van der Waals surface area contributed by atoms with Gasteiger partial charge in [-0.25, -0.2) is 0 Å². The van der Waals surface area contributed by atoms with Gasteiger partial charge in [0.25, 0.3) is 0 Å². The van der Waals surface area contributed by atoms with Crippen molar-refractivity contribution >= 4 is 72.4 Å². The van der Waals surface area contributed by atoms with Crippen LogP contribution in [-0.4, -0.2) is 17.2 Å². The summed E-state index contributed by atoms with van der Waals surface area (Å²) in [5, 5.41) is 10.8. The van der Waals surface area contributed by atoms with E-state index in [1.54, 1.807) is 0 Å². The van der Waals surface area contributed by atoms with Crippen molar-refractivity contribution in [2.75, 3.05) is 0 Å². The van der Waals surface area contributed by atoms with Crippen LogP contribution < -0.4 is 20.7 Å². The normalized spacial score (nSPS) is 13.6. The van der Waals surface area contributed by atoms with Crippen LogP contribution in [0.25, 0.3) is 77.2 Å². The van der Waals surface area contributed by atoms with E-state index in [0.29, 0.717) is 0 Å². The van der Waals surface area contributed by atoms with Crippen molar-refractivity contribution in [3.05, 3.63) is 217 Å². The Labute approximate surface area is 337 Å². The van der Waals surface area contributed by atoms with Gasteiger partial charge in [0.05, 0.1) is 27.8 Å². The molecule has 58 heavy (non-hydrogen) atoms. The quantitative estimate of drug-likeness (QED) is 0.159. The minimum absolute atomic E-state index is 0.941. The molecule has 0 saturated heterocycles. The smallest absolute Gasteiger partial charge is 0.180 e. The summed E-state index contributed by atoms with van der Waals surface area (Å²) in [4.78, 5) is 0. The van der Waals surface area contributed by atoms with Crippen molar-refractivity contribution in [2.45, 2.75) is 6.42 Å². The van der Waals surface area contributed by atoms with Gasteiger partial charge in [-0.2, -0.15) is 0 Å². The zero-order valence-corrected chi connectivity index (χ0v) is 32.7. The van der Waals surface area contributed by atoms with Crippen LogP contribution in [0.1, 0.15) is 11.1 Å². The fourth-order valence-electron chi connectivity index (χ4n) is 10.9. The number of nitrogens with zero attached hydrogens (tertiary/aromatic N) is 2. The molecule has 3 heterocycles. The topological polar surface area (TPSA) is 9.86 Å². The van der Waals surface area contributed by atoms with E-state index < -0.39 is 8.07 Å². The molecule has 0 fully saturated rings. The monoisotopic (exact) mass is 752 g/mol. The van der Waals surface area contributed by atoms with E-state index in [1.807, 2.05) is 0 Å². The number of hydrogen-bond donors (Lipinski definition) is 0. The van der Waals surface area contributed by atoms with Gasteiger partial charge in [0.1, 0.15) is 0 Å². The summed E-state index contributed by atoms with van der Waals surface area (Å²) in [6.07, 6.45) is 0.941. The van der Waals surface area contributed by atoms with Gasteiger partial charge in [-0.1, -0.05) is 164 Å². The zero-order chi connectivity index (χ0) is 38.0. The molecule has 0 N–H and O–H groups in total. The maximum atomic E-state index is 2.55. The predicted octanol–water partition coefficient (Wildman–Crippen LogP) is 10.8. The first-order chi connectivity index (χ1) is 28.8. The highest BCUT2D eigenvalue weighted by Gasteiger charge is 2.48. The molecule has 0 atom stereocenters. The Hall–Kier alpha value is -7.20. The van der Waals surface area contributed by atoms with Gasteiger partial charge in [0.15, 0.2) is 8.07 Å². The Balaban J connectivity index is 1.10. The Morgan fingerprint density at radius 3 is 1.62 bits per heavy atom. The molecule has 2 nitrogen and oxygen atoms in total. The predicted molar refractivity (Wildman–Crippen MR) is 246 cm³/mol. The molecule has 0 radical (unpaired) electrons. The summed E-state index contributed by atoms with van der Waals surface area (Å²) in [5.41, 5.74) is 15.6. The van der Waals surface area contributed by atoms with Crippen molar-refractivity contribution in [1.82, 2.24) is 9.13 Å². The minimum atomic E-state index is -2.67. The lowest BCUT2D eigenvalue weighted by molar-refractivity contribution is 1.12. The van der Waals surface area contributed by atoms with E-state index in [0.717, 1.165) is 6.42 Å². The molecule has 3 heteroatoms. The fraction of sp³-hybridized carbons (Fsp3) is 0.0182. The van der Waals surface area contributed by atoms with Gasteiger partial charge in [0.2, 0.25) is 0 Å². The number of fused-ring (bicyclic) bond motifs is 12. The molecule has 0 bridgehead atoms. The number of aromatic nitrogens is 2. The molecule has 11 aromatic rings. The molecular formula is C55H36N2Si. The molecule has 1 aliphatic carbocycles. The highest BCUT2D eigenvalue weighted by atomic mass is 28.3. The van der Waals surface area contributed by atoms with Crippen molar-refractivity contribution in [3.8, 4) is 33.6 Å². The van der Waals surface area contributed by atoms with Gasteiger partial charge >= 0.3 is 0 Å². The number of benzene rings is 9. The molecule has 0 saturated carbocycles. The van der Waals surface area contributed by atoms with Gasteiger partial charge in [-0.15, -0.1) is 0 Å². The van der Waals surface area contributed by atoms with Crippen molar-refractivity contribution in [3.63, 3.8) is 0 Å². The molecule has 2 aliphatic rings. The van der Waals surface area contributed by atoms with Gasteiger partial charge in [-0.3, -0.25) is 0 Å². The molecule has 9 aromatic carbocycles. The second kappa shape index (κ2) is 11.9. The molecule has 270 valence electrons. The lowest BCUT2D eigenvalue weighted by Gasteiger charge is -2.31. The zero-order valence-electron chi connectivity index (χ0n) is 31.7. The van der Waals surface area contributed by atoms with Crippen LogP contribution in [0.15, 0.2) is 206 Å². The summed E-state index contributed by atoms with van der Waals surface area (Å²) in [5.74, 6) is 0. The maximum Gasteiger partial charge on any atom is 0.180 e. The minimum Gasteiger partial charge on any atom is -0.309 e. The highest BCUT2D eigenvalue weighted by Crippen LogP contribution is 2.44. The second-order valence-corrected chi connectivity index (χ2v) is 19.7. The lowest BCUT2D eigenvalue weighted by Crippen LogP contribution is -2.72. The van der Waals surface area contributed by atoms with Crippen LogP contribution in [0.3, 0.4) is 0 Å². The van der Waals surface area contributed by atoms with Crippen molar-refractivity contribution in [1.29, 1.82) is 0 Å². The Kier molecular flexibility index (Phi) is 6.56. The third-order valence-electron chi connectivity index (χ3n) is 13.2. The maximum absolute atomic E-state index is 2.67. The van der Waals surface area contributed by atoms with Crippen LogP contribution in [0.2, 0.25) is 0 Å². The van der Waals surface area contributed by atoms with E-state index in [-0.39, 0.29) is 0 Å². The molecule has 0 spiro atoms. The van der Waals surface area contributed by atoms with Crippen molar-refractivity contribution < 1.29 is 0 Å². The first-order valence-corrected chi connectivity index (χ1v) is 22.3. The molecule has 2 aromatic heterocycles. The number of hydrogen-bond acceptors (Lipinski definition) is 0. The van der Waals surface area contributed by atoms with Gasteiger partial charge in [0, 0.05) is 33.7 Å². The van der Waals surface area contributed by atoms with E-state index in [9.17, 15) is 0 Å². The van der Waals surface area contributed by atoms with E-state index in [1.165, 1.54) is 109 Å². The third kappa shape index (κ3) is 4.16. The summed E-state index contributed by atoms with van der Waals surface area (Å²) < 4.78 is 5.07. The molecule has 0 amide bonds. The Morgan fingerprint density at radius 1 is 0.345 bits per heavy atom. The summed E-state index contributed by atoms with van der Waals surface area (Å²) in [7, 11) is -2.67. The Bertz CT molecular complexity index is 3440. The molecule has 1 aliphatic heterocycles. The SMILES string of the molecule is c1ccc([Si]2(c3ccccc3)c3ccccc3-c3ccc(-n4c5ccccc5c5cc6c(cc54)c4ccccc4n6-c4cccc5c4Cc4ccccc4-5)cc32)cc1. The van der Waals surface area contributed by atoms with E-state index >= 15 is 0 Å². The van der Waals surface area contributed by atoms with Crippen LogP contribution in [-0.2, 0) is 6.42 Å². The first-order valence-electron chi connectivity index (χ1n) is 20.3. The summed E-state index contributed by atoms with van der Waals surface area (Å²) in [6.45, 7) is 0. The first kappa shape index (κ1) is 31.9. The highest BCUT2D eigenvalue weighted by molar-refractivity contribution is 7.22. The van der Waals surface area contributed by atoms with Gasteiger partial charge in [-0.05, 0) is 96.6 Å². The van der Waals surface area contributed by atoms with Crippen molar-refractivity contribution in [2.24, 2.45) is 0 Å². The fourth-order valence-corrected chi connectivity index (χ4v) is 16.1. The number of para-hydroxylation sites is 2. The average Bonchev–Trinajstić information content (AvgIpc) is 4.01. The van der Waals surface area contributed by atoms with Gasteiger partial charge < -0.3 is 9.13 Å². The largest absolute Gasteiger partial charge is 0.309 e. The summed E-state index contributed by atoms with van der Waals surface area (Å²) in [6, 6.07) is 77.8. The average molecular weight is 753 g/mol. The molecular weight excluding hydrogens is 717 g/mol. The lowest BCUT2D eigenvalue weighted by atomic mass is 10.0. The third-order valence-corrected chi connectivity index (χ3v) is 18.1.